The molecular formula is C27H45N7O11. The van der Waals surface area contributed by atoms with Gasteiger partial charge in [-0.1, -0.05) is 13.8 Å². The first-order valence-corrected chi connectivity index (χ1v) is 14.6. The number of carbonyl (C=O) groups excluding carboxylic acids is 6. The van der Waals surface area contributed by atoms with E-state index in [-0.39, 0.29) is 31.7 Å². The summed E-state index contributed by atoms with van der Waals surface area (Å²) in [5.74, 6) is -7.30. The van der Waals surface area contributed by atoms with Crippen LogP contribution in [-0.4, -0.2) is 117 Å². The maximum Gasteiger partial charge on any atom is 0.303 e. The number of carboxylic acid groups (broad SMARTS) is 2. The highest BCUT2D eigenvalue weighted by Crippen LogP contribution is 2.19. The highest BCUT2D eigenvalue weighted by molar-refractivity contribution is 5.96. The predicted molar refractivity (Wildman–Crippen MR) is 156 cm³/mol. The summed E-state index contributed by atoms with van der Waals surface area (Å²) in [6.45, 7) is 4.22. The van der Waals surface area contributed by atoms with Crippen LogP contribution < -0.4 is 32.7 Å². The van der Waals surface area contributed by atoms with Gasteiger partial charge in [-0.05, 0) is 44.9 Å². The number of aliphatic hydroxyl groups is 1. The first-order chi connectivity index (χ1) is 21.0. The molecule has 0 aromatic carbocycles. The Morgan fingerprint density at radius 3 is 1.91 bits per heavy atom. The van der Waals surface area contributed by atoms with Crippen LogP contribution in [0.2, 0.25) is 0 Å². The fourth-order valence-corrected chi connectivity index (χ4v) is 4.58. The van der Waals surface area contributed by atoms with Crippen molar-refractivity contribution in [3.63, 3.8) is 0 Å². The molecule has 0 aromatic rings. The van der Waals surface area contributed by atoms with Gasteiger partial charge in [-0.3, -0.25) is 38.4 Å². The number of aliphatic carboxylic acids is 2. The second-order valence-corrected chi connectivity index (χ2v) is 11.3. The van der Waals surface area contributed by atoms with Crippen molar-refractivity contribution >= 4 is 47.4 Å². The third-order valence-electron chi connectivity index (χ3n) is 7.04. The number of aliphatic hydroxyl groups excluding tert-OH is 1. The molecule has 1 rings (SSSR count). The molecule has 0 aromatic heterocycles. The van der Waals surface area contributed by atoms with E-state index in [9.17, 15) is 43.5 Å². The molecule has 6 amide bonds. The molecule has 18 heteroatoms. The number of likely N-dealkylation sites (tertiary alicyclic amines) is 1. The van der Waals surface area contributed by atoms with Crippen LogP contribution in [-0.2, 0) is 38.4 Å². The van der Waals surface area contributed by atoms with Gasteiger partial charge >= 0.3 is 11.9 Å². The molecule has 254 valence electrons. The van der Waals surface area contributed by atoms with Gasteiger partial charge in [-0.25, -0.2) is 0 Å². The average Bonchev–Trinajstić information content (AvgIpc) is 3.45. The van der Waals surface area contributed by atoms with E-state index in [0.717, 1.165) is 0 Å². The Bertz CT molecular complexity index is 1120. The highest BCUT2D eigenvalue weighted by atomic mass is 16.4. The van der Waals surface area contributed by atoms with E-state index in [1.54, 1.807) is 0 Å². The Morgan fingerprint density at radius 2 is 1.38 bits per heavy atom. The Kier molecular flexibility index (Phi) is 15.9. The summed E-state index contributed by atoms with van der Waals surface area (Å²) in [5.41, 5.74) is 11.1. The maximum atomic E-state index is 13.2. The van der Waals surface area contributed by atoms with Gasteiger partial charge in [-0.15, -0.1) is 0 Å². The van der Waals surface area contributed by atoms with Gasteiger partial charge in [0.05, 0.1) is 12.6 Å². The van der Waals surface area contributed by atoms with Gasteiger partial charge < -0.3 is 53.0 Å². The Morgan fingerprint density at radius 1 is 0.800 bits per heavy atom. The topological polar surface area (TPSA) is 301 Å². The lowest BCUT2D eigenvalue weighted by Gasteiger charge is -2.29. The van der Waals surface area contributed by atoms with Crippen molar-refractivity contribution in [1.29, 1.82) is 0 Å². The summed E-state index contributed by atoms with van der Waals surface area (Å²) in [4.78, 5) is 99.1. The second kappa shape index (κ2) is 18.5. The molecule has 0 saturated carbocycles. The van der Waals surface area contributed by atoms with Crippen molar-refractivity contribution in [2.24, 2.45) is 17.4 Å². The fraction of sp³-hybridized carbons (Fsp3) is 0.704. The van der Waals surface area contributed by atoms with E-state index >= 15 is 0 Å². The average molecular weight is 644 g/mol. The largest absolute Gasteiger partial charge is 0.481 e. The zero-order chi connectivity index (χ0) is 34.4. The number of rotatable bonds is 19. The smallest absolute Gasteiger partial charge is 0.303 e. The summed E-state index contributed by atoms with van der Waals surface area (Å²) in [6.07, 6.45) is -0.573. The van der Waals surface area contributed by atoms with Crippen LogP contribution >= 0.6 is 0 Å². The van der Waals surface area contributed by atoms with Crippen molar-refractivity contribution < 1.29 is 53.7 Å². The lowest BCUT2D eigenvalue weighted by atomic mass is 10.0. The molecule has 0 radical (unpaired) electrons. The van der Waals surface area contributed by atoms with Crippen LogP contribution in [0.15, 0.2) is 0 Å². The number of primary amides is 1. The van der Waals surface area contributed by atoms with Crippen LogP contribution in [0.4, 0.5) is 0 Å². The molecule has 0 unspecified atom stereocenters. The normalized spacial score (nSPS) is 17.7. The van der Waals surface area contributed by atoms with Gasteiger partial charge in [0.15, 0.2) is 0 Å². The van der Waals surface area contributed by atoms with Gasteiger partial charge in [0.25, 0.3) is 0 Å². The third kappa shape index (κ3) is 13.1. The number of carboxylic acids is 2. The monoisotopic (exact) mass is 643 g/mol. The number of hydrogen-bond acceptors (Lipinski definition) is 10. The molecule has 11 N–H and O–H groups in total. The molecule has 1 heterocycles. The van der Waals surface area contributed by atoms with E-state index in [0.29, 0.717) is 12.8 Å². The lowest BCUT2D eigenvalue weighted by molar-refractivity contribution is -0.143. The Balaban J connectivity index is 2.90. The van der Waals surface area contributed by atoms with Crippen molar-refractivity contribution in [2.75, 3.05) is 13.2 Å². The SMILES string of the molecule is CC(C)C[C@H](NC(=O)[C@@H]1CCCN1C(=O)[C@H](CO)NC(=O)[C@H](C)NC(=O)[C@H](CCC(=O)O)NC(=O)[C@@H](N)CCC(=O)O)C(N)=O. The number of nitrogens with zero attached hydrogens (tertiary/aromatic N) is 1. The first-order valence-electron chi connectivity index (χ1n) is 14.6. The molecule has 1 aliphatic rings. The summed E-state index contributed by atoms with van der Waals surface area (Å²) in [5, 5.41) is 37.1. The van der Waals surface area contributed by atoms with Gasteiger partial charge in [0, 0.05) is 19.4 Å². The zero-order valence-electron chi connectivity index (χ0n) is 25.6. The summed E-state index contributed by atoms with van der Waals surface area (Å²) < 4.78 is 0. The molecule has 18 nitrogen and oxygen atoms in total. The standard InChI is InChI=1S/C27H45N7O11/c1-13(2)11-17(22(29)40)32-26(44)19-5-4-10-34(19)27(45)18(12-35)33-23(41)14(3)30-25(43)16(7-9-21(38)39)31-24(42)15(28)6-8-20(36)37/h13-19,35H,4-12,28H2,1-3H3,(H2,29,40)(H,30,43)(H,31,42)(H,32,44)(H,33,41)(H,36,37)(H,38,39)/t14-,15-,16-,17-,18-,19-/m0/s1. The van der Waals surface area contributed by atoms with Crippen LogP contribution in [0.1, 0.15) is 65.7 Å². The van der Waals surface area contributed by atoms with Gasteiger partial charge in [0.2, 0.25) is 35.4 Å². The highest BCUT2D eigenvalue weighted by Gasteiger charge is 2.39. The minimum absolute atomic E-state index is 0.0469. The number of amides is 6. The summed E-state index contributed by atoms with van der Waals surface area (Å²) in [7, 11) is 0. The molecule has 0 bridgehead atoms. The Hall–Kier alpha value is -4.32. The third-order valence-corrected chi connectivity index (χ3v) is 7.04. The summed E-state index contributed by atoms with van der Waals surface area (Å²) >= 11 is 0. The molecule has 1 saturated heterocycles. The molecule has 1 aliphatic heterocycles. The minimum atomic E-state index is -1.50. The van der Waals surface area contributed by atoms with Crippen LogP contribution in [0, 0.1) is 5.92 Å². The van der Waals surface area contributed by atoms with Crippen LogP contribution in [0.25, 0.3) is 0 Å². The van der Waals surface area contributed by atoms with Gasteiger partial charge in [-0.2, -0.15) is 0 Å². The van der Waals surface area contributed by atoms with Crippen molar-refractivity contribution in [3.8, 4) is 0 Å². The fourth-order valence-electron chi connectivity index (χ4n) is 4.58. The van der Waals surface area contributed by atoms with E-state index in [1.807, 2.05) is 13.8 Å². The Labute approximate surface area is 260 Å². The molecule has 0 aliphatic carbocycles. The van der Waals surface area contributed by atoms with E-state index in [1.165, 1.54) is 11.8 Å². The molecular weight excluding hydrogens is 598 g/mol. The van der Waals surface area contributed by atoms with Crippen LogP contribution in [0.5, 0.6) is 0 Å². The lowest BCUT2D eigenvalue weighted by Crippen LogP contribution is -2.59. The van der Waals surface area contributed by atoms with Crippen molar-refractivity contribution in [3.05, 3.63) is 0 Å². The van der Waals surface area contributed by atoms with Gasteiger partial charge in [0.1, 0.15) is 30.2 Å². The van der Waals surface area contributed by atoms with E-state index in [2.05, 4.69) is 21.3 Å². The number of nitrogens with one attached hydrogen (secondary N) is 4. The maximum absolute atomic E-state index is 13.2. The van der Waals surface area contributed by atoms with Crippen molar-refractivity contribution in [1.82, 2.24) is 26.2 Å². The second-order valence-electron chi connectivity index (χ2n) is 11.3. The molecule has 0 spiro atoms. The van der Waals surface area contributed by atoms with E-state index in [4.69, 9.17) is 21.7 Å². The molecule has 45 heavy (non-hydrogen) atoms. The van der Waals surface area contributed by atoms with E-state index < -0.39 is 103 Å². The minimum Gasteiger partial charge on any atom is -0.481 e. The quantitative estimate of drug-likeness (QED) is 0.0663. The molecule has 6 atom stereocenters. The zero-order valence-corrected chi connectivity index (χ0v) is 25.6. The number of hydrogen-bond donors (Lipinski definition) is 9. The molecule has 1 fully saturated rings. The summed E-state index contributed by atoms with van der Waals surface area (Å²) in [6, 6.07) is -7.50. The first kappa shape index (κ1) is 38.7. The number of nitrogens with two attached hydrogens (primary N) is 2. The predicted octanol–water partition coefficient (Wildman–Crippen LogP) is -3.48. The number of carbonyl (C=O) groups is 8. The van der Waals surface area contributed by atoms with Crippen LogP contribution in [0.3, 0.4) is 0 Å². The van der Waals surface area contributed by atoms with Crippen molar-refractivity contribution in [2.45, 2.75) is 102 Å².